The Hall–Kier alpha value is -0.920. The number of unbranched alkanes of at least 4 members (excludes halogenated alkanes) is 1. The number of terminal acetylenes is 1. The molecule has 0 bridgehead atoms. The highest BCUT2D eigenvalue weighted by atomic mass is 32.1. The van der Waals surface area contributed by atoms with Gasteiger partial charge in [0.05, 0.1) is 11.1 Å². The van der Waals surface area contributed by atoms with E-state index in [0.717, 1.165) is 24.1 Å². The fraction of sp³-hybridized carbons (Fsp3) is 0.500. The second-order valence-corrected chi connectivity index (χ2v) is 3.34. The fourth-order valence-corrected chi connectivity index (χ4v) is 1.44. The van der Waals surface area contributed by atoms with Crippen molar-refractivity contribution >= 4 is 11.5 Å². The van der Waals surface area contributed by atoms with Crippen LogP contribution in [0.5, 0.6) is 0 Å². The predicted octanol–water partition coefficient (Wildman–Crippen LogP) is 1.34. The minimum absolute atomic E-state index is 0.0540. The Labute approximate surface area is 76.1 Å². The molecule has 12 heavy (non-hydrogen) atoms. The maximum atomic E-state index is 5.84. The Bertz CT molecular complexity index is 250. The lowest BCUT2D eigenvalue weighted by atomic mass is 10.1. The van der Waals surface area contributed by atoms with Crippen LogP contribution in [0, 0.1) is 12.3 Å². The van der Waals surface area contributed by atoms with Crippen molar-refractivity contribution in [2.45, 2.75) is 25.3 Å². The van der Waals surface area contributed by atoms with Gasteiger partial charge in [-0.15, -0.1) is 17.4 Å². The SMILES string of the molecule is C#CCCCC(N)c1cnns1. The van der Waals surface area contributed by atoms with Gasteiger partial charge >= 0.3 is 0 Å². The third-order valence-corrected chi connectivity index (χ3v) is 2.37. The summed E-state index contributed by atoms with van der Waals surface area (Å²) < 4.78 is 3.74. The van der Waals surface area contributed by atoms with E-state index in [1.54, 1.807) is 6.20 Å². The zero-order valence-corrected chi connectivity index (χ0v) is 7.55. The lowest BCUT2D eigenvalue weighted by Crippen LogP contribution is -2.07. The van der Waals surface area contributed by atoms with E-state index in [4.69, 9.17) is 12.2 Å². The van der Waals surface area contributed by atoms with E-state index in [1.165, 1.54) is 11.5 Å². The van der Waals surface area contributed by atoms with Crippen LogP contribution in [0.25, 0.3) is 0 Å². The molecule has 0 aliphatic heterocycles. The molecular formula is C8H11N3S. The van der Waals surface area contributed by atoms with Crippen LogP contribution in [0.1, 0.15) is 30.2 Å². The van der Waals surface area contributed by atoms with Gasteiger partial charge in [0.1, 0.15) is 0 Å². The van der Waals surface area contributed by atoms with Crippen molar-refractivity contribution in [1.82, 2.24) is 9.59 Å². The molecule has 1 aromatic heterocycles. The van der Waals surface area contributed by atoms with E-state index in [0.29, 0.717) is 0 Å². The van der Waals surface area contributed by atoms with Crippen LogP contribution in [-0.4, -0.2) is 9.59 Å². The summed E-state index contributed by atoms with van der Waals surface area (Å²) in [4.78, 5) is 1.03. The van der Waals surface area contributed by atoms with Gasteiger partial charge in [-0.1, -0.05) is 4.49 Å². The Morgan fingerprint density at radius 1 is 1.75 bits per heavy atom. The monoisotopic (exact) mass is 181 g/mol. The molecule has 4 heteroatoms. The van der Waals surface area contributed by atoms with Gasteiger partial charge < -0.3 is 5.73 Å². The maximum Gasteiger partial charge on any atom is 0.0669 e. The summed E-state index contributed by atoms with van der Waals surface area (Å²) in [7, 11) is 0. The Morgan fingerprint density at radius 2 is 2.58 bits per heavy atom. The molecule has 1 atom stereocenters. The molecule has 0 aliphatic rings. The van der Waals surface area contributed by atoms with E-state index in [1.807, 2.05) is 0 Å². The van der Waals surface area contributed by atoms with Crippen molar-refractivity contribution in [3.05, 3.63) is 11.1 Å². The zero-order chi connectivity index (χ0) is 8.81. The molecule has 1 heterocycles. The van der Waals surface area contributed by atoms with E-state index < -0.39 is 0 Å². The molecule has 0 saturated carbocycles. The number of nitrogens with zero attached hydrogens (tertiary/aromatic N) is 2. The molecule has 1 rings (SSSR count). The highest BCUT2D eigenvalue weighted by Gasteiger charge is 2.06. The topological polar surface area (TPSA) is 51.8 Å². The first-order valence-corrected chi connectivity index (χ1v) is 4.58. The highest BCUT2D eigenvalue weighted by Crippen LogP contribution is 2.17. The summed E-state index contributed by atoms with van der Waals surface area (Å²) in [6.45, 7) is 0. The molecule has 0 saturated heterocycles. The number of hydrogen-bond donors (Lipinski definition) is 1. The molecular weight excluding hydrogens is 170 g/mol. The molecule has 64 valence electrons. The van der Waals surface area contributed by atoms with Gasteiger partial charge in [0.15, 0.2) is 0 Å². The lowest BCUT2D eigenvalue weighted by Gasteiger charge is -2.05. The van der Waals surface area contributed by atoms with Crippen LogP contribution in [0.15, 0.2) is 6.20 Å². The first kappa shape index (κ1) is 9.17. The molecule has 1 aromatic rings. The number of rotatable bonds is 4. The average Bonchev–Trinajstić information content (AvgIpc) is 2.56. The van der Waals surface area contributed by atoms with Crippen LogP contribution in [0.2, 0.25) is 0 Å². The predicted molar refractivity (Wildman–Crippen MR) is 49.5 cm³/mol. The van der Waals surface area contributed by atoms with Crippen molar-refractivity contribution < 1.29 is 0 Å². The molecule has 1 unspecified atom stereocenters. The number of nitrogens with two attached hydrogens (primary N) is 1. The molecule has 0 fully saturated rings. The van der Waals surface area contributed by atoms with Crippen LogP contribution >= 0.6 is 11.5 Å². The summed E-state index contributed by atoms with van der Waals surface area (Å²) in [6.07, 6.45) is 9.50. The standard InChI is InChI=1S/C8H11N3S/c1-2-3-4-5-7(9)8-6-10-11-12-8/h1,6-7H,3-5,9H2. The quantitative estimate of drug-likeness (QED) is 0.563. The highest BCUT2D eigenvalue weighted by molar-refractivity contribution is 7.05. The molecule has 0 radical (unpaired) electrons. The van der Waals surface area contributed by atoms with E-state index >= 15 is 0 Å². The van der Waals surface area contributed by atoms with Crippen molar-refractivity contribution in [3.63, 3.8) is 0 Å². The zero-order valence-electron chi connectivity index (χ0n) is 6.73. The van der Waals surface area contributed by atoms with Crippen molar-refractivity contribution in [1.29, 1.82) is 0 Å². The Morgan fingerprint density at radius 3 is 3.17 bits per heavy atom. The van der Waals surface area contributed by atoms with Gasteiger partial charge in [-0.3, -0.25) is 0 Å². The Kier molecular flexibility index (Phi) is 3.71. The average molecular weight is 181 g/mol. The smallest absolute Gasteiger partial charge is 0.0669 e. The normalized spacial score (nSPS) is 12.3. The lowest BCUT2D eigenvalue weighted by molar-refractivity contribution is 0.629. The van der Waals surface area contributed by atoms with Gasteiger partial charge in [-0.25, -0.2) is 0 Å². The van der Waals surface area contributed by atoms with Gasteiger partial charge in [0.2, 0.25) is 0 Å². The van der Waals surface area contributed by atoms with E-state index in [-0.39, 0.29) is 6.04 Å². The molecule has 0 spiro atoms. The molecule has 0 amide bonds. The fourth-order valence-electron chi connectivity index (χ4n) is 0.904. The van der Waals surface area contributed by atoms with Gasteiger partial charge in [-0.2, -0.15) is 0 Å². The van der Waals surface area contributed by atoms with E-state index in [9.17, 15) is 0 Å². The van der Waals surface area contributed by atoms with Gasteiger partial charge in [-0.05, 0) is 24.4 Å². The minimum atomic E-state index is 0.0540. The Balaban J connectivity index is 2.30. The van der Waals surface area contributed by atoms with Crippen molar-refractivity contribution in [2.75, 3.05) is 0 Å². The molecule has 2 N–H and O–H groups in total. The van der Waals surface area contributed by atoms with E-state index in [2.05, 4.69) is 15.5 Å². The largest absolute Gasteiger partial charge is 0.323 e. The maximum absolute atomic E-state index is 5.84. The first-order chi connectivity index (χ1) is 5.84. The van der Waals surface area contributed by atoms with Crippen LogP contribution in [-0.2, 0) is 0 Å². The summed E-state index contributed by atoms with van der Waals surface area (Å²) in [5.74, 6) is 2.58. The van der Waals surface area contributed by atoms with Gasteiger partial charge in [0, 0.05) is 12.5 Å². The molecule has 3 nitrogen and oxygen atoms in total. The summed E-state index contributed by atoms with van der Waals surface area (Å²) in [5, 5.41) is 3.72. The summed E-state index contributed by atoms with van der Waals surface area (Å²) in [6, 6.07) is 0.0540. The third-order valence-electron chi connectivity index (χ3n) is 1.58. The van der Waals surface area contributed by atoms with Crippen LogP contribution in [0.4, 0.5) is 0 Å². The molecule has 0 aromatic carbocycles. The van der Waals surface area contributed by atoms with Crippen LogP contribution < -0.4 is 5.73 Å². The number of hydrogen-bond acceptors (Lipinski definition) is 4. The third kappa shape index (κ3) is 2.61. The second-order valence-electron chi connectivity index (χ2n) is 2.52. The summed E-state index contributed by atoms with van der Waals surface area (Å²) >= 11 is 1.35. The van der Waals surface area contributed by atoms with Crippen molar-refractivity contribution in [3.8, 4) is 12.3 Å². The second kappa shape index (κ2) is 4.86. The van der Waals surface area contributed by atoms with Crippen LogP contribution in [0.3, 0.4) is 0 Å². The molecule has 0 aliphatic carbocycles. The first-order valence-electron chi connectivity index (χ1n) is 3.81. The summed E-state index contributed by atoms with van der Waals surface area (Å²) in [5.41, 5.74) is 5.84. The number of aromatic nitrogens is 2. The van der Waals surface area contributed by atoms with Crippen molar-refractivity contribution in [2.24, 2.45) is 5.73 Å². The van der Waals surface area contributed by atoms with Gasteiger partial charge in [0.25, 0.3) is 0 Å². The minimum Gasteiger partial charge on any atom is -0.323 e.